The SMILES string of the molecule is CCCCC1(OOC(=O)O)CCCCC1. The van der Waals surface area contributed by atoms with Gasteiger partial charge >= 0.3 is 6.16 Å². The number of unbranched alkanes of at least 4 members (excludes halogenated alkanes) is 1. The van der Waals surface area contributed by atoms with Gasteiger partial charge in [-0.2, -0.15) is 4.89 Å². The smallest absolute Gasteiger partial charge is 0.448 e. The summed E-state index contributed by atoms with van der Waals surface area (Å²) in [6.07, 6.45) is 6.96. The Morgan fingerprint density at radius 3 is 2.53 bits per heavy atom. The molecule has 0 unspecified atom stereocenters. The van der Waals surface area contributed by atoms with Crippen LogP contribution in [-0.2, 0) is 9.78 Å². The Bertz CT molecular complexity index is 197. The maximum absolute atomic E-state index is 10.3. The lowest BCUT2D eigenvalue weighted by Gasteiger charge is -2.34. The molecule has 1 aliphatic carbocycles. The maximum Gasteiger partial charge on any atom is 0.537 e. The van der Waals surface area contributed by atoms with Crippen molar-refractivity contribution in [3.8, 4) is 0 Å². The van der Waals surface area contributed by atoms with Crippen LogP contribution in [-0.4, -0.2) is 16.9 Å². The zero-order chi connectivity index (χ0) is 11.1. The van der Waals surface area contributed by atoms with Gasteiger partial charge in [-0.3, -0.25) is 4.89 Å². The molecule has 0 radical (unpaired) electrons. The minimum Gasteiger partial charge on any atom is -0.448 e. The van der Waals surface area contributed by atoms with Crippen molar-refractivity contribution in [2.45, 2.75) is 63.9 Å². The van der Waals surface area contributed by atoms with Crippen LogP contribution in [0.3, 0.4) is 0 Å². The standard InChI is InChI=1S/C11H20O4/c1-2-3-7-11(15-14-10(12)13)8-5-4-6-9-11/h2-9H2,1H3,(H,12,13). The van der Waals surface area contributed by atoms with E-state index in [-0.39, 0.29) is 5.60 Å². The molecule has 0 saturated heterocycles. The van der Waals surface area contributed by atoms with Gasteiger partial charge in [0.25, 0.3) is 0 Å². The van der Waals surface area contributed by atoms with E-state index in [0.29, 0.717) is 0 Å². The lowest BCUT2D eigenvalue weighted by molar-refractivity contribution is -0.333. The van der Waals surface area contributed by atoms with Gasteiger partial charge in [0.2, 0.25) is 0 Å². The number of hydrogen-bond donors (Lipinski definition) is 1. The van der Waals surface area contributed by atoms with Gasteiger partial charge in [-0.1, -0.05) is 39.0 Å². The molecular weight excluding hydrogens is 196 g/mol. The van der Waals surface area contributed by atoms with Crippen LogP contribution in [0.1, 0.15) is 58.3 Å². The molecule has 1 aliphatic rings. The molecule has 15 heavy (non-hydrogen) atoms. The molecule has 0 aromatic rings. The second-order valence-electron chi connectivity index (χ2n) is 4.28. The van der Waals surface area contributed by atoms with E-state index in [9.17, 15) is 4.79 Å². The summed E-state index contributed by atoms with van der Waals surface area (Å²) in [5.41, 5.74) is -0.341. The molecule has 0 spiro atoms. The van der Waals surface area contributed by atoms with E-state index in [4.69, 9.17) is 9.99 Å². The van der Waals surface area contributed by atoms with E-state index >= 15 is 0 Å². The van der Waals surface area contributed by atoms with Crippen molar-refractivity contribution in [3.63, 3.8) is 0 Å². The highest BCUT2D eigenvalue weighted by Gasteiger charge is 2.35. The van der Waals surface area contributed by atoms with Crippen molar-refractivity contribution in [2.24, 2.45) is 0 Å². The Hall–Kier alpha value is -0.770. The van der Waals surface area contributed by atoms with E-state index in [1.54, 1.807) is 0 Å². The van der Waals surface area contributed by atoms with E-state index in [1.807, 2.05) is 0 Å². The van der Waals surface area contributed by atoms with Crippen molar-refractivity contribution in [1.29, 1.82) is 0 Å². The van der Waals surface area contributed by atoms with Crippen LogP contribution in [0.25, 0.3) is 0 Å². The Kier molecular flexibility index (Phi) is 4.88. The number of rotatable bonds is 5. The molecule has 1 N–H and O–H groups in total. The van der Waals surface area contributed by atoms with Crippen molar-refractivity contribution in [1.82, 2.24) is 0 Å². The lowest BCUT2D eigenvalue weighted by atomic mass is 9.81. The van der Waals surface area contributed by atoms with Crippen LogP contribution in [0.15, 0.2) is 0 Å². The van der Waals surface area contributed by atoms with Crippen LogP contribution < -0.4 is 0 Å². The normalized spacial score (nSPS) is 19.8. The molecular formula is C11H20O4. The molecule has 0 amide bonds. The van der Waals surface area contributed by atoms with Crippen molar-refractivity contribution >= 4 is 6.16 Å². The van der Waals surface area contributed by atoms with Crippen molar-refractivity contribution < 1.29 is 19.7 Å². The molecule has 4 heteroatoms. The Balaban J connectivity index is 2.45. The van der Waals surface area contributed by atoms with E-state index in [1.165, 1.54) is 6.42 Å². The molecule has 0 heterocycles. The van der Waals surface area contributed by atoms with Crippen molar-refractivity contribution in [3.05, 3.63) is 0 Å². The monoisotopic (exact) mass is 216 g/mol. The predicted molar refractivity (Wildman–Crippen MR) is 55.5 cm³/mol. The van der Waals surface area contributed by atoms with Crippen LogP contribution >= 0.6 is 0 Å². The zero-order valence-corrected chi connectivity index (χ0v) is 9.33. The highest BCUT2D eigenvalue weighted by Crippen LogP contribution is 2.36. The highest BCUT2D eigenvalue weighted by atomic mass is 17.2. The average molecular weight is 216 g/mol. The summed E-state index contributed by atoms with van der Waals surface area (Å²) in [4.78, 5) is 19.7. The Labute approximate surface area is 90.5 Å². The average Bonchev–Trinajstić information content (AvgIpc) is 2.25. The maximum atomic E-state index is 10.3. The first-order valence-electron chi connectivity index (χ1n) is 5.77. The molecule has 0 aromatic carbocycles. The first-order valence-corrected chi connectivity index (χ1v) is 5.77. The first kappa shape index (κ1) is 12.3. The second kappa shape index (κ2) is 5.95. The molecule has 0 aromatic heterocycles. The third kappa shape index (κ3) is 4.08. The number of hydrogen-bond acceptors (Lipinski definition) is 3. The Morgan fingerprint density at radius 1 is 1.33 bits per heavy atom. The fourth-order valence-corrected chi connectivity index (χ4v) is 2.19. The molecule has 4 nitrogen and oxygen atoms in total. The predicted octanol–water partition coefficient (Wildman–Crippen LogP) is 3.51. The largest absolute Gasteiger partial charge is 0.537 e. The molecule has 0 atom stereocenters. The van der Waals surface area contributed by atoms with E-state index in [2.05, 4.69) is 11.8 Å². The summed E-state index contributed by atoms with van der Waals surface area (Å²) in [6.45, 7) is 2.12. The van der Waals surface area contributed by atoms with Crippen molar-refractivity contribution in [2.75, 3.05) is 0 Å². The van der Waals surface area contributed by atoms with E-state index < -0.39 is 6.16 Å². The van der Waals surface area contributed by atoms with Gasteiger partial charge in [-0.05, 0) is 19.3 Å². The summed E-state index contributed by atoms with van der Waals surface area (Å²) in [5, 5.41) is 8.44. The molecule has 1 fully saturated rings. The summed E-state index contributed by atoms with van der Waals surface area (Å²) < 4.78 is 0. The fraction of sp³-hybridized carbons (Fsp3) is 0.909. The van der Waals surface area contributed by atoms with Crippen LogP contribution in [0.2, 0.25) is 0 Å². The van der Waals surface area contributed by atoms with Crippen LogP contribution in [0, 0.1) is 0 Å². The third-order valence-electron chi connectivity index (χ3n) is 3.04. The van der Waals surface area contributed by atoms with Gasteiger partial charge in [-0.15, -0.1) is 0 Å². The Morgan fingerprint density at radius 2 is 2.00 bits per heavy atom. The minimum absolute atomic E-state index is 0.341. The minimum atomic E-state index is -1.35. The number of carboxylic acid groups (broad SMARTS) is 1. The van der Waals surface area contributed by atoms with Gasteiger partial charge < -0.3 is 5.11 Å². The zero-order valence-electron chi connectivity index (χ0n) is 9.33. The lowest BCUT2D eigenvalue weighted by Crippen LogP contribution is -2.35. The second-order valence-corrected chi connectivity index (χ2v) is 4.28. The summed E-state index contributed by atoms with van der Waals surface area (Å²) in [7, 11) is 0. The summed E-state index contributed by atoms with van der Waals surface area (Å²) in [5.74, 6) is 0. The molecule has 1 rings (SSSR count). The summed E-state index contributed by atoms with van der Waals surface area (Å²) >= 11 is 0. The molecule has 0 bridgehead atoms. The topological polar surface area (TPSA) is 55.8 Å². The quantitative estimate of drug-likeness (QED) is 0.564. The highest BCUT2D eigenvalue weighted by molar-refractivity contribution is 5.55. The van der Waals surface area contributed by atoms with Crippen LogP contribution in [0.4, 0.5) is 4.79 Å². The first-order chi connectivity index (χ1) is 7.18. The van der Waals surface area contributed by atoms with E-state index in [0.717, 1.165) is 44.9 Å². The van der Waals surface area contributed by atoms with Gasteiger partial charge in [0.15, 0.2) is 0 Å². The van der Waals surface area contributed by atoms with Gasteiger partial charge in [0.1, 0.15) is 5.60 Å². The van der Waals surface area contributed by atoms with Crippen LogP contribution in [0.5, 0.6) is 0 Å². The molecule has 0 aliphatic heterocycles. The van der Waals surface area contributed by atoms with Gasteiger partial charge in [-0.25, -0.2) is 4.79 Å². The molecule has 1 saturated carbocycles. The molecule has 88 valence electrons. The summed E-state index contributed by atoms with van der Waals surface area (Å²) in [6, 6.07) is 0. The van der Waals surface area contributed by atoms with Gasteiger partial charge in [0, 0.05) is 0 Å². The number of carbonyl (C=O) groups is 1. The third-order valence-corrected chi connectivity index (χ3v) is 3.04. The fourth-order valence-electron chi connectivity index (χ4n) is 2.19. The van der Waals surface area contributed by atoms with Gasteiger partial charge in [0.05, 0.1) is 0 Å².